The maximum Gasteiger partial charge on any atom is 0.222 e. The van der Waals surface area contributed by atoms with Crippen LogP contribution in [0.2, 0.25) is 0 Å². The third-order valence-electron chi connectivity index (χ3n) is 5.57. The molecule has 1 N–H and O–H groups in total. The van der Waals surface area contributed by atoms with E-state index in [4.69, 9.17) is 0 Å². The Labute approximate surface area is 169 Å². The Morgan fingerprint density at radius 1 is 1.32 bits per heavy atom. The van der Waals surface area contributed by atoms with Crippen molar-refractivity contribution in [3.8, 4) is 10.6 Å². The lowest BCUT2D eigenvalue weighted by Gasteiger charge is -2.23. The maximum absolute atomic E-state index is 12.8. The third kappa shape index (κ3) is 3.73. The zero-order chi connectivity index (χ0) is 19.9. The predicted molar refractivity (Wildman–Crippen MR) is 114 cm³/mol. The summed E-state index contributed by atoms with van der Waals surface area (Å²) in [5, 5.41) is 3.21. The molecule has 0 saturated carbocycles. The number of nitrogens with one attached hydrogen (secondary N) is 1. The minimum atomic E-state index is -3.00. The number of amides is 1. The van der Waals surface area contributed by atoms with E-state index in [1.165, 1.54) is 5.56 Å². The molecule has 1 aliphatic heterocycles. The average molecular weight is 417 g/mol. The lowest BCUT2D eigenvalue weighted by Crippen LogP contribution is -2.37. The number of aryl methyl sites for hydroxylation is 2. The number of carbonyl (C=O) groups is 1. The zero-order valence-electron chi connectivity index (χ0n) is 16.1. The first-order chi connectivity index (χ1) is 13.3. The van der Waals surface area contributed by atoms with E-state index in [0.717, 1.165) is 27.0 Å². The van der Waals surface area contributed by atoms with E-state index in [-0.39, 0.29) is 23.5 Å². The van der Waals surface area contributed by atoms with E-state index >= 15 is 0 Å². The quantitative estimate of drug-likeness (QED) is 0.688. The van der Waals surface area contributed by atoms with Gasteiger partial charge in [0.2, 0.25) is 5.91 Å². The zero-order valence-corrected chi connectivity index (χ0v) is 17.7. The highest BCUT2D eigenvalue weighted by molar-refractivity contribution is 7.91. The molecule has 1 fully saturated rings. The fourth-order valence-electron chi connectivity index (χ4n) is 3.95. The molecular weight excluding hydrogens is 392 g/mol. The van der Waals surface area contributed by atoms with Gasteiger partial charge in [0, 0.05) is 30.4 Å². The summed E-state index contributed by atoms with van der Waals surface area (Å²) >= 11 is 1.68. The minimum Gasteiger partial charge on any atom is -0.354 e. The van der Waals surface area contributed by atoms with Crippen molar-refractivity contribution < 1.29 is 13.2 Å². The summed E-state index contributed by atoms with van der Waals surface area (Å²) in [5.41, 5.74) is 4.49. The van der Waals surface area contributed by atoms with Crippen molar-refractivity contribution in [3.63, 3.8) is 0 Å². The van der Waals surface area contributed by atoms with Crippen LogP contribution in [-0.4, -0.2) is 48.8 Å². The van der Waals surface area contributed by atoms with Gasteiger partial charge in [-0.05, 0) is 48.9 Å². The van der Waals surface area contributed by atoms with Crippen molar-refractivity contribution in [2.75, 3.05) is 18.6 Å². The fraction of sp³-hybridized carbons (Fsp3) is 0.381. The molecule has 0 spiro atoms. The summed E-state index contributed by atoms with van der Waals surface area (Å²) in [6, 6.07) is 10.3. The molecule has 28 heavy (non-hydrogen) atoms. The van der Waals surface area contributed by atoms with Gasteiger partial charge in [-0.3, -0.25) is 4.79 Å². The summed E-state index contributed by atoms with van der Waals surface area (Å²) in [5.74, 6) is 0.267. The van der Waals surface area contributed by atoms with Gasteiger partial charge < -0.3 is 9.88 Å². The Hall–Kier alpha value is -2.12. The van der Waals surface area contributed by atoms with Crippen LogP contribution in [0.15, 0.2) is 35.7 Å². The molecule has 1 saturated heterocycles. The fourth-order valence-corrected chi connectivity index (χ4v) is 6.47. The Morgan fingerprint density at radius 3 is 2.82 bits per heavy atom. The molecule has 0 bridgehead atoms. The van der Waals surface area contributed by atoms with Crippen molar-refractivity contribution in [2.45, 2.75) is 32.2 Å². The van der Waals surface area contributed by atoms with Gasteiger partial charge in [0.15, 0.2) is 9.84 Å². The Kier molecular flexibility index (Phi) is 5.05. The van der Waals surface area contributed by atoms with Crippen LogP contribution >= 0.6 is 11.3 Å². The molecule has 1 aromatic carbocycles. The molecule has 0 radical (unpaired) electrons. The monoisotopic (exact) mass is 416 g/mol. The third-order valence-corrected chi connectivity index (χ3v) is 8.21. The van der Waals surface area contributed by atoms with Gasteiger partial charge >= 0.3 is 0 Å². The van der Waals surface area contributed by atoms with Gasteiger partial charge in [-0.15, -0.1) is 11.3 Å². The number of carbonyl (C=O) groups excluding carboxylic acids is 1. The SMILES string of the molecule is Cc1ccc2[nH]c(-c3cccs3)c(CCC(=O)N(C)C3CCS(=O)(=O)C3)c2c1. The van der Waals surface area contributed by atoms with Gasteiger partial charge in [0.05, 0.1) is 22.1 Å². The van der Waals surface area contributed by atoms with E-state index in [9.17, 15) is 13.2 Å². The number of aromatic amines is 1. The molecular formula is C21H24N2O3S2. The Morgan fingerprint density at radius 2 is 2.14 bits per heavy atom. The van der Waals surface area contributed by atoms with Gasteiger partial charge in [0.25, 0.3) is 0 Å². The molecule has 148 valence electrons. The number of hydrogen-bond acceptors (Lipinski definition) is 4. The van der Waals surface area contributed by atoms with Crippen LogP contribution in [0, 0.1) is 6.92 Å². The largest absolute Gasteiger partial charge is 0.354 e. The number of thiophene rings is 1. The topological polar surface area (TPSA) is 70.2 Å². The molecule has 1 unspecified atom stereocenters. The second-order valence-corrected chi connectivity index (χ2v) is 10.7. The summed E-state index contributed by atoms with van der Waals surface area (Å²) in [4.78, 5) is 19.1. The van der Waals surface area contributed by atoms with Crippen molar-refractivity contribution in [3.05, 3.63) is 46.8 Å². The van der Waals surface area contributed by atoms with Crippen LogP contribution in [0.3, 0.4) is 0 Å². The van der Waals surface area contributed by atoms with Crippen LogP contribution in [0.5, 0.6) is 0 Å². The second-order valence-electron chi connectivity index (χ2n) is 7.57. The molecule has 4 rings (SSSR count). The van der Waals surface area contributed by atoms with Crippen LogP contribution in [-0.2, 0) is 21.1 Å². The number of hydrogen-bond donors (Lipinski definition) is 1. The summed E-state index contributed by atoms with van der Waals surface area (Å²) in [7, 11) is -1.27. The standard InChI is InChI=1S/C21H24N2O3S2/c1-14-5-7-18-17(12-14)16(21(22-18)19-4-3-10-27-19)6-8-20(24)23(2)15-9-11-28(25,26)13-15/h3-5,7,10,12,15,22H,6,8-9,11,13H2,1-2H3. The predicted octanol–water partition coefficient (Wildman–Crippen LogP) is 3.78. The molecule has 5 nitrogen and oxygen atoms in total. The number of aromatic nitrogens is 1. The Bertz CT molecular complexity index is 1110. The Balaban J connectivity index is 1.58. The number of fused-ring (bicyclic) bond motifs is 1. The molecule has 1 amide bonds. The van der Waals surface area contributed by atoms with Gasteiger partial charge in [-0.2, -0.15) is 0 Å². The molecule has 0 aliphatic carbocycles. The van der Waals surface area contributed by atoms with Gasteiger partial charge in [0.1, 0.15) is 0 Å². The highest BCUT2D eigenvalue weighted by atomic mass is 32.2. The second kappa shape index (κ2) is 7.37. The molecule has 3 heterocycles. The summed E-state index contributed by atoms with van der Waals surface area (Å²) in [6.45, 7) is 2.07. The molecule has 1 aliphatic rings. The van der Waals surface area contributed by atoms with Crippen LogP contribution < -0.4 is 0 Å². The summed E-state index contributed by atoms with van der Waals surface area (Å²) in [6.07, 6.45) is 1.53. The van der Waals surface area contributed by atoms with Crippen molar-refractivity contribution in [1.82, 2.24) is 9.88 Å². The van der Waals surface area contributed by atoms with Gasteiger partial charge in [-0.1, -0.05) is 17.7 Å². The number of H-pyrrole nitrogens is 1. The first-order valence-electron chi connectivity index (χ1n) is 9.45. The van der Waals surface area contributed by atoms with Crippen molar-refractivity contribution in [2.24, 2.45) is 0 Å². The minimum absolute atomic E-state index is 0.00114. The van der Waals surface area contributed by atoms with E-state index in [1.807, 2.05) is 6.07 Å². The average Bonchev–Trinajstić information content (AvgIpc) is 3.37. The molecule has 7 heteroatoms. The van der Waals surface area contributed by atoms with E-state index in [2.05, 4.69) is 41.6 Å². The van der Waals surface area contributed by atoms with E-state index in [1.54, 1.807) is 23.3 Å². The maximum atomic E-state index is 12.8. The first-order valence-corrected chi connectivity index (χ1v) is 12.2. The first kappa shape index (κ1) is 19.2. The number of nitrogens with zero attached hydrogens (tertiary/aromatic N) is 1. The highest BCUT2D eigenvalue weighted by Gasteiger charge is 2.32. The number of sulfone groups is 1. The van der Waals surface area contributed by atoms with Gasteiger partial charge in [-0.25, -0.2) is 8.42 Å². The highest BCUT2D eigenvalue weighted by Crippen LogP contribution is 2.34. The molecule has 1 atom stereocenters. The van der Waals surface area contributed by atoms with Crippen molar-refractivity contribution in [1.29, 1.82) is 0 Å². The number of rotatable bonds is 5. The lowest BCUT2D eigenvalue weighted by atomic mass is 10.0. The summed E-state index contributed by atoms with van der Waals surface area (Å²) < 4.78 is 23.5. The molecule has 2 aromatic heterocycles. The van der Waals surface area contributed by atoms with Crippen LogP contribution in [0.25, 0.3) is 21.5 Å². The van der Waals surface area contributed by atoms with Crippen molar-refractivity contribution >= 4 is 38.0 Å². The van der Waals surface area contributed by atoms with E-state index < -0.39 is 9.84 Å². The molecule has 3 aromatic rings. The van der Waals surface area contributed by atoms with Crippen LogP contribution in [0.1, 0.15) is 24.0 Å². The number of benzene rings is 1. The lowest BCUT2D eigenvalue weighted by molar-refractivity contribution is -0.131. The van der Waals surface area contributed by atoms with E-state index in [0.29, 0.717) is 19.3 Å². The normalized spacial score (nSPS) is 18.6. The smallest absolute Gasteiger partial charge is 0.222 e. The van der Waals surface area contributed by atoms with Crippen LogP contribution in [0.4, 0.5) is 0 Å².